The zero-order valence-electron chi connectivity index (χ0n) is 14.2. The highest BCUT2D eigenvalue weighted by atomic mass is 35.5. The van der Waals surface area contributed by atoms with Crippen LogP contribution in [0.1, 0.15) is 36.0 Å². The Morgan fingerprint density at radius 3 is 2.44 bits per heavy atom. The maximum absolute atomic E-state index is 12.2. The standard InChI is InChI=1S/C18H24ClN3O3/c19-10-4-7-16(23)21-15-8-11-22(12-9-15)17(24)13-20-18(25)14-5-2-1-3-6-14/h1-3,5-6,15H,4,7-13H2,(H,20,25)(H,21,23). The molecule has 2 N–H and O–H groups in total. The van der Waals surface area contributed by atoms with Gasteiger partial charge in [0.05, 0.1) is 6.54 Å². The summed E-state index contributed by atoms with van der Waals surface area (Å²) >= 11 is 5.58. The number of piperidine rings is 1. The van der Waals surface area contributed by atoms with Gasteiger partial charge in [-0.05, 0) is 31.4 Å². The summed E-state index contributed by atoms with van der Waals surface area (Å²) in [5, 5.41) is 5.63. The summed E-state index contributed by atoms with van der Waals surface area (Å²) in [5.74, 6) is 0.141. The number of carbonyl (C=O) groups is 3. The van der Waals surface area contributed by atoms with Crippen molar-refractivity contribution in [1.29, 1.82) is 0 Å². The molecule has 1 heterocycles. The summed E-state index contributed by atoms with van der Waals surface area (Å²) in [6, 6.07) is 8.91. The number of nitrogens with one attached hydrogen (secondary N) is 2. The number of hydrogen-bond donors (Lipinski definition) is 2. The van der Waals surface area contributed by atoms with Crippen LogP contribution in [0.5, 0.6) is 0 Å². The number of carbonyl (C=O) groups excluding carboxylic acids is 3. The van der Waals surface area contributed by atoms with E-state index in [0.29, 0.717) is 37.4 Å². The van der Waals surface area contributed by atoms with E-state index in [-0.39, 0.29) is 30.3 Å². The molecule has 1 aliphatic rings. The molecule has 6 nitrogen and oxygen atoms in total. The first-order chi connectivity index (χ1) is 12.1. The van der Waals surface area contributed by atoms with Gasteiger partial charge in [0.2, 0.25) is 11.8 Å². The number of likely N-dealkylation sites (tertiary alicyclic amines) is 1. The highest BCUT2D eigenvalue weighted by molar-refractivity contribution is 6.17. The lowest BCUT2D eigenvalue weighted by Gasteiger charge is -2.32. The molecule has 1 saturated heterocycles. The zero-order valence-corrected chi connectivity index (χ0v) is 14.9. The Hall–Kier alpha value is -2.08. The summed E-state index contributed by atoms with van der Waals surface area (Å²) in [4.78, 5) is 37.6. The van der Waals surface area contributed by atoms with Crippen molar-refractivity contribution in [3.05, 3.63) is 35.9 Å². The van der Waals surface area contributed by atoms with Crippen molar-refractivity contribution in [3.63, 3.8) is 0 Å². The van der Waals surface area contributed by atoms with Crippen LogP contribution >= 0.6 is 11.6 Å². The molecule has 25 heavy (non-hydrogen) atoms. The van der Waals surface area contributed by atoms with Crippen LogP contribution in [-0.4, -0.2) is 54.2 Å². The second-order valence-electron chi connectivity index (χ2n) is 6.06. The number of halogens is 1. The molecule has 0 bridgehead atoms. The molecule has 0 aromatic heterocycles. The quantitative estimate of drug-likeness (QED) is 0.719. The molecule has 0 spiro atoms. The van der Waals surface area contributed by atoms with Crippen LogP contribution < -0.4 is 10.6 Å². The van der Waals surface area contributed by atoms with Gasteiger partial charge in [0, 0.05) is 37.0 Å². The fourth-order valence-electron chi connectivity index (χ4n) is 2.76. The predicted molar refractivity (Wildman–Crippen MR) is 96.5 cm³/mol. The minimum atomic E-state index is -0.254. The van der Waals surface area contributed by atoms with Crippen molar-refractivity contribution in [3.8, 4) is 0 Å². The third-order valence-electron chi connectivity index (χ3n) is 4.19. The first kappa shape index (κ1) is 19.2. The molecular formula is C18H24ClN3O3. The highest BCUT2D eigenvalue weighted by Crippen LogP contribution is 2.11. The van der Waals surface area contributed by atoms with Gasteiger partial charge in [0.1, 0.15) is 0 Å². The van der Waals surface area contributed by atoms with E-state index < -0.39 is 0 Å². The first-order valence-electron chi connectivity index (χ1n) is 8.56. The molecule has 0 unspecified atom stereocenters. The number of alkyl halides is 1. The normalized spacial score (nSPS) is 14.8. The molecule has 0 radical (unpaired) electrons. The number of amides is 3. The molecule has 7 heteroatoms. The molecule has 1 aliphatic heterocycles. The van der Waals surface area contributed by atoms with Crippen molar-refractivity contribution in [2.45, 2.75) is 31.7 Å². The van der Waals surface area contributed by atoms with Crippen LogP contribution in [0.2, 0.25) is 0 Å². The Labute approximate surface area is 152 Å². The molecule has 136 valence electrons. The van der Waals surface area contributed by atoms with Gasteiger partial charge in [0.25, 0.3) is 5.91 Å². The minimum Gasteiger partial charge on any atom is -0.353 e. The molecule has 0 atom stereocenters. The van der Waals surface area contributed by atoms with Gasteiger partial charge in [-0.3, -0.25) is 14.4 Å². The lowest BCUT2D eigenvalue weighted by Crippen LogP contribution is -2.49. The maximum Gasteiger partial charge on any atom is 0.251 e. The smallest absolute Gasteiger partial charge is 0.251 e. The van der Waals surface area contributed by atoms with Crippen molar-refractivity contribution < 1.29 is 14.4 Å². The summed E-state index contributed by atoms with van der Waals surface area (Å²) in [6.45, 7) is 1.15. The van der Waals surface area contributed by atoms with E-state index in [4.69, 9.17) is 11.6 Å². The van der Waals surface area contributed by atoms with Crippen LogP contribution in [0.4, 0.5) is 0 Å². The molecule has 1 aromatic carbocycles. The van der Waals surface area contributed by atoms with Gasteiger partial charge in [-0.15, -0.1) is 11.6 Å². The number of rotatable bonds is 7. The molecule has 3 amide bonds. The largest absolute Gasteiger partial charge is 0.353 e. The van der Waals surface area contributed by atoms with Crippen LogP contribution in [0.25, 0.3) is 0 Å². The Balaban J connectivity index is 1.69. The van der Waals surface area contributed by atoms with E-state index in [2.05, 4.69) is 10.6 Å². The summed E-state index contributed by atoms with van der Waals surface area (Å²) in [7, 11) is 0. The van der Waals surface area contributed by atoms with E-state index in [1.807, 2.05) is 6.07 Å². The first-order valence-corrected chi connectivity index (χ1v) is 9.10. The van der Waals surface area contributed by atoms with E-state index >= 15 is 0 Å². The number of benzene rings is 1. The Morgan fingerprint density at radius 1 is 1.12 bits per heavy atom. The Morgan fingerprint density at radius 2 is 1.80 bits per heavy atom. The Kier molecular flexibility index (Phi) is 7.73. The van der Waals surface area contributed by atoms with Gasteiger partial charge in [-0.1, -0.05) is 18.2 Å². The van der Waals surface area contributed by atoms with E-state index in [1.165, 1.54) is 0 Å². The maximum atomic E-state index is 12.2. The third-order valence-corrected chi connectivity index (χ3v) is 4.45. The van der Waals surface area contributed by atoms with Gasteiger partial charge in [-0.2, -0.15) is 0 Å². The predicted octanol–water partition coefficient (Wildman–Crippen LogP) is 1.54. The summed E-state index contributed by atoms with van der Waals surface area (Å²) in [6.07, 6.45) is 2.57. The highest BCUT2D eigenvalue weighted by Gasteiger charge is 2.23. The van der Waals surface area contributed by atoms with Gasteiger partial charge >= 0.3 is 0 Å². The van der Waals surface area contributed by atoms with Crippen molar-refractivity contribution in [2.75, 3.05) is 25.5 Å². The molecule has 0 aliphatic carbocycles. The zero-order chi connectivity index (χ0) is 18.1. The van der Waals surface area contributed by atoms with E-state index in [1.54, 1.807) is 29.2 Å². The number of nitrogens with zero attached hydrogens (tertiary/aromatic N) is 1. The van der Waals surface area contributed by atoms with Gasteiger partial charge in [0.15, 0.2) is 0 Å². The van der Waals surface area contributed by atoms with E-state index in [9.17, 15) is 14.4 Å². The van der Waals surface area contributed by atoms with Crippen molar-refractivity contribution in [2.24, 2.45) is 0 Å². The molecular weight excluding hydrogens is 342 g/mol. The summed E-state index contributed by atoms with van der Waals surface area (Å²) < 4.78 is 0. The van der Waals surface area contributed by atoms with Crippen molar-refractivity contribution >= 4 is 29.3 Å². The number of hydrogen-bond acceptors (Lipinski definition) is 3. The van der Waals surface area contributed by atoms with Crippen LogP contribution in [0, 0.1) is 0 Å². The monoisotopic (exact) mass is 365 g/mol. The van der Waals surface area contributed by atoms with Gasteiger partial charge in [-0.25, -0.2) is 0 Å². The summed E-state index contributed by atoms with van der Waals surface area (Å²) in [5.41, 5.74) is 0.536. The minimum absolute atomic E-state index is 0.0134. The Bertz CT molecular complexity index is 586. The average Bonchev–Trinajstić information content (AvgIpc) is 2.65. The topological polar surface area (TPSA) is 78.5 Å². The fourth-order valence-corrected chi connectivity index (χ4v) is 2.89. The van der Waals surface area contributed by atoms with E-state index in [0.717, 1.165) is 12.8 Å². The second kappa shape index (κ2) is 10.0. The van der Waals surface area contributed by atoms with Gasteiger partial charge < -0.3 is 15.5 Å². The van der Waals surface area contributed by atoms with Crippen molar-refractivity contribution in [1.82, 2.24) is 15.5 Å². The van der Waals surface area contributed by atoms with Crippen LogP contribution in [0.15, 0.2) is 30.3 Å². The SMILES string of the molecule is O=C(CCCCl)NC1CCN(C(=O)CNC(=O)c2ccccc2)CC1. The molecule has 1 aromatic rings. The fraction of sp³-hybridized carbons (Fsp3) is 0.500. The second-order valence-corrected chi connectivity index (χ2v) is 6.44. The van der Waals surface area contributed by atoms with Crippen LogP contribution in [-0.2, 0) is 9.59 Å². The average molecular weight is 366 g/mol. The lowest BCUT2D eigenvalue weighted by molar-refractivity contribution is -0.131. The third kappa shape index (κ3) is 6.38. The molecule has 0 saturated carbocycles. The van der Waals surface area contributed by atoms with Crippen LogP contribution in [0.3, 0.4) is 0 Å². The lowest BCUT2D eigenvalue weighted by atomic mass is 10.0. The molecule has 1 fully saturated rings. The molecule has 2 rings (SSSR count).